The zero-order valence-electron chi connectivity index (χ0n) is 15.0. The summed E-state index contributed by atoms with van der Waals surface area (Å²) in [5.74, 6) is 1.83. The maximum atomic E-state index is 12.5. The number of methoxy groups -OCH3 is 2. The molecule has 0 unspecified atom stereocenters. The van der Waals surface area contributed by atoms with Crippen LogP contribution in [0.2, 0.25) is 0 Å². The highest BCUT2D eigenvalue weighted by Gasteiger charge is 2.12. The van der Waals surface area contributed by atoms with Crippen LogP contribution in [0, 0.1) is 6.92 Å². The van der Waals surface area contributed by atoms with Gasteiger partial charge in [-0.25, -0.2) is 4.98 Å². The molecule has 3 rings (SSSR count). The molecule has 0 saturated heterocycles. The van der Waals surface area contributed by atoms with Crippen molar-refractivity contribution in [2.75, 3.05) is 14.2 Å². The van der Waals surface area contributed by atoms with Crippen LogP contribution in [0.25, 0.3) is 5.69 Å². The second-order valence-electron chi connectivity index (χ2n) is 5.73. The molecule has 0 bridgehead atoms. The summed E-state index contributed by atoms with van der Waals surface area (Å²) in [6.07, 6.45) is 3.67. The number of para-hydroxylation sites is 1. The van der Waals surface area contributed by atoms with Crippen molar-refractivity contribution < 1.29 is 14.3 Å². The number of hydrogen-bond donors (Lipinski definition) is 1. The lowest BCUT2D eigenvalue weighted by Gasteiger charge is -2.13. The number of nitrogens with zero attached hydrogens (tertiary/aromatic N) is 2. The predicted octanol–water partition coefficient (Wildman–Crippen LogP) is 3.13. The monoisotopic (exact) mass is 351 g/mol. The van der Waals surface area contributed by atoms with E-state index in [0.29, 0.717) is 23.6 Å². The number of benzene rings is 2. The lowest BCUT2D eigenvalue weighted by atomic mass is 10.1. The first-order valence-corrected chi connectivity index (χ1v) is 8.22. The van der Waals surface area contributed by atoms with E-state index in [1.165, 1.54) is 0 Å². The third-order valence-corrected chi connectivity index (χ3v) is 4.16. The van der Waals surface area contributed by atoms with Gasteiger partial charge in [0.25, 0.3) is 5.91 Å². The summed E-state index contributed by atoms with van der Waals surface area (Å²) >= 11 is 0. The number of carbonyl (C=O) groups is 1. The summed E-state index contributed by atoms with van der Waals surface area (Å²) in [4.78, 5) is 16.8. The van der Waals surface area contributed by atoms with E-state index in [-0.39, 0.29) is 5.91 Å². The minimum atomic E-state index is -0.178. The molecule has 0 spiro atoms. The Morgan fingerprint density at radius 3 is 2.58 bits per heavy atom. The fraction of sp³-hybridized carbons (Fsp3) is 0.200. The van der Waals surface area contributed by atoms with Gasteiger partial charge in [0.15, 0.2) is 11.5 Å². The topological polar surface area (TPSA) is 65.4 Å². The van der Waals surface area contributed by atoms with E-state index in [9.17, 15) is 4.79 Å². The van der Waals surface area contributed by atoms with Gasteiger partial charge in [0.05, 0.1) is 19.9 Å². The third-order valence-electron chi connectivity index (χ3n) is 4.16. The Morgan fingerprint density at radius 2 is 1.88 bits per heavy atom. The van der Waals surface area contributed by atoms with Gasteiger partial charge in [-0.05, 0) is 36.8 Å². The Morgan fingerprint density at radius 1 is 1.12 bits per heavy atom. The highest BCUT2D eigenvalue weighted by atomic mass is 16.5. The molecule has 0 aliphatic rings. The minimum absolute atomic E-state index is 0.178. The standard InChI is InChI=1S/C20H21N3O3/c1-14-21-10-11-23(14)17-7-5-4-6-16(17)13-22-20(24)15-8-9-18(25-2)19(12-15)26-3/h4-12H,13H2,1-3H3,(H,22,24). The average Bonchev–Trinajstić information content (AvgIpc) is 3.11. The van der Waals surface area contributed by atoms with Crippen molar-refractivity contribution in [3.63, 3.8) is 0 Å². The van der Waals surface area contributed by atoms with Gasteiger partial charge < -0.3 is 19.4 Å². The number of amides is 1. The summed E-state index contributed by atoms with van der Waals surface area (Å²) in [6.45, 7) is 2.35. The third kappa shape index (κ3) is 3.54. The van der Waals surface area contributed by atoms with Crippen molar-refractivity contribution in [2.45, 2.75) is 13.5 Å². The van der Waals surface area contributed by atoms with Crippen LogP contribution in [0.3, 0.4) is 0 Å². The highest BCUT2D eigenvalue weighted by molar-refractivity contribution is 5.94. The second-order valence-corrected chi connectivity index (χ2v) is 5.73. The summed E-state index contributed by atoms with van der Waals surface area (Å²) in [5.41, 5.74) is 2.51. The molecule has 1 heterocycles. The Kier molecular flexibility index (Phi) is 5.22. The highest BCUT2D eigenvalue weighted by Crippen LogP contribution is 2.27. The lowest BCUT2D eigenvalue weighted by Crippen LogP contribution is -2.23. The molecule has 0 atom stereocenters. The maximum absolute atomic E-state index is 12.5. The largest absolute Gasteiger partial charge is 0.493 e. The zero-order chi connectivity index (χ0) is 18.5. The molecule has 1 aromatic heterocycles. The SMILES string of the molecule is COc1ccc(C(=O)NCc2ccccc2-n2ccnc2C)cc1OC. The Hall–Kier alpha value is -3.28. The molecular formula is C20H21N3O3. The fourth-order valence-corrected chi connectivity index (χ4v) is 2.78. The van der Waals surface area contributed by atoms with Crippen LogP contribution in [0.15, 0.2) is 54.9 Å². The van der Waals surface area contributed by atoms with Crippen molar-refractivity contribution in [3.8, 4) is 17.2 Å². The first kappa shape index (κ1) is 17.5. The molecule has 0 fully saturated rings. The second kappa shape index (κ2) is 7.74. The van der Waals surface area contributed by atoms with Gasteiger partial charge >= 0.3 is 0 Å². The minimum Gasteiger partial charge on any atom is -0.493 e. The molecule has 0 saturated carbocycles. The van der Waals surface area contributed by atoms with Crippen LogP contribution in [-0.4, -0.2) is 29.7 Å². The van der Waals surface area contributed by atoms with Crippen LogP contribution in [-0.2, 0) is 6.54 Å². The molecule has 26 heavy (non-hydrogen) atoms. The van der Waals surface area contributed by atoms with E-state index in [1.54, 1.807) is 38.6 Å². The van der Waals surface area contributed by atoms with Gasteiger partial charge in [-0.1, -0.05) is 18.2 Å². The van der Waals surface area contributed by atoms with Crippen LogP contribution in [0.5, 0.6) is 11.5 Å². The molecule has 6 nitrogen and oxygen atoms in total. The quantitative estimate of drug-likeness (QED) is 0.741. The number of imidazole rings is 1. The molecular weight excluding hydrogens is 330 g/mol. The normalized spacial score (nSPS) is 10.4. The van der Waals surface area contributed by atoms with Crippen LogP contribution in [0.4, 0.5) is 0 Å². The van der Waals surface area contributed by atoms with Crippen LogP contribution < -0.4 is 14.8 Å². The van der Waals surface area contributed by atoms with Crippen LogP contribution >= 0.6 is 0 Å². The van der Waals surface area contributed by atoms with Gasteiger partial charge in [0, 0.05) is 24.5 Å². The number of aryl methyl sites for hydroxylation is 1. The van der Waals surface area contributed by atoms with Crippen molar-refractivity contribution >= 4 is 5.91 Å². The van der Waals surface area contributed by atoms with E-state index < -0.39 is 0 Å². The zero-order valence-corrected chi connectivity index (χ0v) is 15.0. The van der Waals surface area contributed by atoms with E-state index >= 15 is 0 Å². The fourth-order valence-electron chi connectivity index (χ4n) is 2.78. The van der Waals surface area contributed by atoms with Crippen molar-refractivity contribution in [1.82, 2.24) is 14.9 Å². The number of carbonyl (C=O) groups excluding carboxylic acids is 1. The molecule has 0 radical (unpaired) electrons. The smallest absolute Gasteiger partial charge is 0.251 e. The summed E-state index contributed by atoms with van der Waals surface area (Å²) in [6, 6.07) is 13.0. The van der Waals surface area contributed by atoms with E-state index in [4.69, 9.17) is 9.47 Å². The average molecular weight is 351 g/mol. The number of hydrogen-bond acceptors (Lipinski definition) is 4. The van der Waals surface area contributed by atoms with E-state index in [2.05, 4.69) is 10.3 Å². The van der Waals surface area contributed by atoms with Gasteiger partial charge in [-0.3, -0.25) is 4.79 Å². The van der Waals surface area contributed by atoms with Gasteiger partial charge in [-0.15, -0.1) is 0 Å². The first-order valence-electron chi connectivity index (χ1n) is 8.22. The van der Waals surface area contributed by atoms with Crippen molar-refractivity contribution in [1.29, 1.82) is 0 Å². The number of nitrogens with one attached hydrogen (secondary N) is 1. The molecule has 2 aromatic carbocycles. The molecule has 0 aliphatic heterocycles. The Balaban J connectivity index is 1.78. The molecule has 6 heteroatoms. The van der Waals surface area contributed by atoms with E-state index in [0.717, 1.165) is 17.1 Å². The molecule has 0 aliphatic carbocycles. The Bertz CT molecular complexity index is 918. The number of ether oxygens (including phenoxy) is 2. The number of rotatable bonds is 6. The van der Waals surface area contributed by atoms with Crippen molar-refractivity contribution in [2.24, 2.45) is 0 Å². The number of aromatic nitrogens is 2. The van der Waals surface area contributed by atoms with Crippen molar-refractivity contribution in [3.05, 3.63) is 71.8 Å². The van der Waals surface area contributed by atoms with Gasteiger partial charge in [0.2, 0.25) is 0 Å². The molecule has 1 N–H and O–H groups in total. The van der Waals surface area contributed by atoms with Gasteiger partial charge in [-0.2, -0.15) is 0 Å². The molecule has 3 aromatic rings. The summed E-state index contributed by atoms with van der Waals surface area (Å²) in [7, 11) is 3.11. The maximum Gasteiger partial charge on any atom is 0.251 e. The first-order chi connectivity index (χ1) is 12.6. The molecule has 134 valence electrons. The molecule has 1 amide bonds. The van der Waals surface area contributed by atoms with Crippen LogP contribution in [0.1, 0.15) is 21.7 Å². The summed E-state index contributed by atoms with van der Waals surface area (Å²) < 4.78 is 12.5. The lowest BCUT2D eigenvalue weighted by molar-refractivity contribution is 0.0950. The predicted molar refractivity (Wildman–Crippen MR) is 99.0 cm³/mol. The van der Waals surface area contributed by atoms with Gasteiger partial charge in [0.1, 0.15) is 5.82 Å². The Labute approximate surface area is 152 Å². The summed E-state index contributed by atoms with van der Waals surface area (Å²) in [5, 5.41) is 2.96. The van der Waals surface area contributed by atoms with E-state index in [1.807, 2.05) is 42.0 Å².